The third-order valence-electron chi connectivity index (χ3n) is 2.84. The van der Waals surface area contributed by atoms with Gasteiger partial charge in [-0.3, -0.25) is 25.2 Å². The van der Waals surface area contributed by atoms with E-state index < -0.39 is 24.4 Å². The fourth-order valence-electron chi connectivity index (χ4n) is 1.69. The predicted octanol–water partition coefficient (Wildman–Crippen LogP) is -0.824. The first-order chi connectivity index (χ1) is 11.0. The highest BCUT2D eigenvalue weighted by Gasteiger charge is 2.17. The van der Waals surface area contributed by atoms with Crippen LogP contribution in [0.4, 0.5) is 5.69 Å². The SMILES string of the molecule is NC(=O)c1ccc(NC(=O)COC(=O)C2=CCC(=O)NN2)cc1. The molecule has 0 aromatic heterocycles. The number of rotatable bonds is 5. The molecule has 0 bridgehead atoms. The summed E-state index contributed by atoms with van der Waals surface area (Å²) in [6.45, 7) is -0.497. The minimum atomic E-state index is -0.760. The van der Waals surface area contributed by atoms with E-state index in [1.54, 1.807) is 0 Å². The maximum atomic E-state index is 11.7. The zero-order valence-electron chi connectivity index (χ0n) is 11.9. The van der Waals surface area contributed by atoms with Crippen LogP contribution in [0, 0.1) is 0 Å². The standard InChI is InChI=1S/C14H14N4O5/c15-13(21)8-1-3-9(4-2-8)16-12(20)7-23-14(22)10-5-6-11(19)18-17-10/h1-5,17H,6-7H2,(H2,15,21)(H,16,20)(H,18,19). The summed E-state index contributed by atoms with van der Waals surface area (Å²) in [5.74, 6) is -2.16. The number of hydrazine groups is 1. The van der Waals surface area contributed by atoms with Gasteiger partial charge in [-0.1, -0.05) is 0 Å². The van der Waals surface area contributed by atoms with Crippen LogP contribution in [-0.2, 0) is 19.1 Å². The molecule has 0 saturated heterocycles. The summed E-state index contributed by atoms with van der Waals surface area (Å²) in [5, 5.41) is 2.50. The van der Waals surface area contributed by atoms with Gasteiger partial charge in [-0.05, 0) is 30.3 Å². The monoisotopic (exact) mass is 318 g/mol. The van der Waals surface area contributed by atoms with Crippen molar-refractivity contribution in [2.24, 2.45) is 5.73 Å². The van der Waals surface area contributed by atoms with Gasteiger partial charge in [0, 0.05) is 17.7 Å². The molecule has 1 aliphatic heterocycles. The smallest absolute Gasteiger partial charge is 0.356 e. The summed E-state index contributed by atoms with van der Waals surface area (Å²) >= 11 is 0. The quantitative estimate of drug-likeness (QED) is 0.523. The fourth-order valence-corrected chi connectivity index (χ4v) is 1.69. The van der Waals surface area contributed by atoms with Gasteiger partial charge in [0.15, 0.2) is 6.61 Å². The summed E-state index contributed by atoms with van der Waals surface area (Å²) in [5.41, 5.74) is 10.5. The van der Waals surface area contributed by atoms with Gasteiger partial charge in [0.2, 0.25) is 11.8 Å². The van der Waals surface area contributed by atoms with E-state index in [9.17, 15) is 19.2 Å². The summed E-state index contributed by atoms with van der Waals surface area (Å²) in [6, 6.07) is 5.92. The van der Waals surface area contributed by atoms with E-state index in [1.807, 2.05) is 0 Å². The van der Waals surface area contributed by atoms with E-state index in [-0.39, 0.29) is 18.0 Å². The van der Waals surface area contributed by atoms with Gasteiger partial charge in [-0.15, -0.1) is 0 Å². The average molecular weight is 318 g/mol. The summed E-state index contributed by atoms with van der Waals surface area (Å²) in [7, 11) is 0. The highest BCUT2D eigenvalue weighted by Crippen LogP contribution is 2.09. The van der Waals surface area contributed by atoms with Crippen molar-refractivity contribution in [2.45, 2.75) is 6.42 Å². The molecule has 3 amide bonds. The largest absolute Gasteiger partial charge is 0.451 e. The first kappa shape index (κ1) is 16.0. The third-order valence-corrected chi connectivity index (χ3v) is 2.84. The Balaban J connectivity index is 1.82. The maximum Gasteiger partial charge on any atom is 0.356 e. The molecule has 1 heterocycles. The summed E-state index contributed by atoms with van der Waals surface area (Å²) in [4.78, 5) is 45.2. The van der Waals surface area contributed by atoms with E-state index in [0.717, 1.165) is 0 Å². The molecule has 1 aliphatic rings. The van der Waals surface area contributed by atoms with Crippen molar-refractivity contribution in [3.8, 4) is 0 Å². The Morgan fingerprint density at radius 3 is 2.43 bits per heavy atom. The first-order valence-electron chi connectivity index (χ1n) is 6.57. The minimum Gasteiger partial charge on any atom is -0.451 e. The number of esters is 1. The van der Waals surface area contributed by atoms with Crippen molar-refractivity contribution in [3.63, 3.8) is 0 Å². The number of carbonyl (C=O) groups is 4. The second-order valence-electron chi connectivity index (χ2n) is 4.56. The molecule has 0 unspecified atom stereocenters. The molecule has 5 N–H and O–H groups in total. The Hall–Kier alpha value is -3.36. The number of benzene rings is 1. The molecule has 0 spiro atoms. The molecule has 23 heavy (non-hydrogen) atoms. The van der Waals surface area contributed by atoms with Gasteiger partial charge in [0.25, 0.3) is 5.91 Å². The van der Waals surface area contributed by atoms with Crippen LogP contribution in [0.5, 0.6) is 0 Å². The topological polar surface area (TPSA) is 140 Å². The normalized spacial score (nSPS) is 13.2. The number of nitrogens with two attached hydrogens (primary N) is 1. The number of hydrogen-bond acceptors (Lipinski definition) is 6. The Bertz CT molecular complexity index is 681. The Morgan fingerprint density at radius 1 is 1.17 bits per heavy atom. The lowest BCUT2D eigenvalue weighted by Crippen LogP contribution is -2.42. The maximum absolute atomic E-state index is 11.7. The predicted molar refractivity (Wildman–Crippen MR) is 78.5 cm³/mol. The van der Waals surface area contributed by atoms with Crippen molar-refractivity contribution in [1.82, 2.24) is 10.9 Å². The number of carbonyl (C=O) groups excluding carboxylic acids is 4. The minimum absolute atomic E-state index is 0.0514. The van der Waals surface area contributed by atoms with Crippen LogP contribution >= 0.6 is 0 Å². The van der Waals surface area contributed by atoms with Gasteiger partial charge in [0.05, 0.1) is 0 Å². The number of amides is 3. The van der Waals surface area contributed by atoms with Gasteiger partial charge >= 0.3 is 5.97 Å². The molecule has 9 heteroatoms. The third kappa shape index (κ3) is 4.56. The molecule has 1 aromatic carbocycles. The lowest BCUT2D eigenvalue weighted by molar-refractivity contribution is -0.144. The van der Waals surface area contributed by atoms with Crippen LogP contribution in [0.25, 0.3) is 0 Å². The van der Waals surface area contributed by atoms with Crippen LogP contribution in [0.1, 0.15) is 16.8 Å². The van der Waals surface area contributed by atoms with E-state index >= 15 is 0 Å². The number of hydrogen-bond donors (Lipinski definition) is 4. The molecule has 0 fully saturated rings. The van der Waals surface area contributed by atoms with E-state index in [0.29, 0.717) is 11.3 Å². The molecule has 0 radical (unpaired) electrons. The molecule has 0 aliphatic carbocycles. The van der Waals surface area contributed by atoms with Crippen molar-refractivity contribution in [1.29, 1.82) is 0 Å². The van der Waals surface area contributed by atoms with Crippen LogP contribution in [0.3, 0.4) is 0 Å². The second-order valence-corrected chi connectivity index (χ2v) is 4.56. The van der Waals surface area contributed by atoms with E-state index in [1.165, 1.54) is 30.3 Å². The van der Waals surface area contributed by atoms with Crippen LogP contribution in [-0.4, -0.2) is 30.3 Å². The molecule has 2 rings (SSSR count). The zero-order valence-corrected chi connectivity index (χ0v) is 11.9. The zero-order chi connectivity index (χ0) is 16.8. The molecule has 1 aromatic rings. The van der Waals surface area contributed by atoms with Gasteiger partial charge in [-0.25, -0.2) is 4.79 Å². The summed E-state index contributed by atoms with van der Waals surface area (Å²) in [6.07, 6.45) is 1.41. The Morgan fingerprint density at radius 2 is 1.87 bits per heavy atom. The van der Waals surface area contributed by atoms with Gasteiger partial charge in [0.1, 0.15) is 5.70 Å². The van der Waals surface area contributed by atoms with Crippen LogP contribution in [0.2, 0.25) is 0 Å². The lowest BCUT2D eigenvalue weighted by Gasteiger charge is -2.15. The van der Waals surface area contributed by atoms with Gasteiger partial charge < -0.3 is 15.8 Å². The van der Waals surface area contributed by atoms with Gasteiger partial charge in [-0.2, -0.15) is 0 Å². The molecule has 0 saturated carbocycles. The highest BCUT2D eigenvalue weighted by molar-refractivity contribution is 5.97. The fraction of sp³-hybridized carbons (Fsp3) is 0.143. The Kier molecular flexibility index (Phi) is 4.92. The van der Waals surface area contributed by atoms with Crippen molar-refractivity contribution in [3.05, 3.63) is 41.6 Å². The number of primary amides is 1. The average Bonchev–Trinajstić information content (AvgIpc) is 2.54. The summed E-state index contributed by atoms with van der Waals surface area (Å²) < 4.78 is 4.81. The van der Waals surface area contributed by atoms with E-state index in [2.05, 4.69) is 16.2 Å². The van der Waals surface area contributed by atoms with Crippen LogP contribution in [0.15, 0.2) is 36.0 Å². The number of anilines is 1. The molecular weight excluding hydrogens is 304 g/mol. The molecule has 120 valence electrons. The van der Waals surface area contributed by atoms with Crippen molar-refractivity contribution < 1.29 is 23.9 Å². The number of ether oxygens (including phenoxy) is 1. The molecular formula is C14H14N4O5. The molecule has 9 nitrogen and oxygen atoms in total. The van der Waals surface area contributed by atoms with Crippen LogP contribution < -0.4 is 21.9 Å². The lowest BCUT2D eigenvalue weighted by atomic mass is 10.2. The number of nitrogens with one attached hydrogen (secondary N) is 3. The molecule has 0 atom stereocenters. The second kappa shape index (κ2) is 7.07. The van der Waals surface area contributed by atoms with Crippen molar-refractivity contribution in [2.75, 3.05) is 11.9 Å². The Labute approximate surface area is 130 Å². The first-order valence-corrected chi connectivity index (χ1v) is 6.57. The van der Waals surface area contributed by atoms with Crippen molar-refractivity contribution >= 4 is 29.4 Å². The highest BCUT2D eigenvalue weighted by atomic mass is 16.5. The van der Waals surface area contributed by atoms with E-state index in [4.69, 9.17) is 10.5 Å².